The van der Waals surface area contributed by atoms with Crippen LogP contribution in [0.15, 0.2) is 82.8 Å². The zero-order chi connectivity index (χ0) is 25.1. The number of carbonyl (C=O) groups is 3. The molecule has 4 rings (SSSR count). The summed E-state index contributed by atoms with van der Waals surface area (Å²) in [5, 5.41) is 0. The first-order valence-electron chi connectivity index (χ1n) is 10.9. The third-order valence-electron chi connectivity index (χ3n) is 5.19. The van der Waals surface area contributed by atoms with E-state index in [1.165, 1.54) is 13.2 Å². The Kier molecular flexibility index (Phi) is 7.02. The smallest absolute Gasteiger partial charge is 0.343 e. The third-order valence-corrected chi connectivity index (χ3v) is 5.78. The molecular weight excluding hydrogens is 512 g/mol. The Hall–Kier alpha value is -3.91. The number of urea groups is 1. The van der Waals surface area contributed by atoms with Crippen molar-refractivity contribution < 1.29 is 23.9 Å². The predicted octanol–water partition coefficient (Wildman–Crippen LogP) is 5.83. The van der Waals surface area contributed by atoms with Crippen molar-refractivity contribution in [1.82, 2.24) is 0 Å². The average molecular weight is 535 g/mol. The first kappa shape index (κ1) is 24.2. The van der Waals surface area contributed by atoms with Crippen LogP contribution in [0.2, 0.25) is 0 Å². The Morgan fingerprint density at radius 2 is 1.34 bits per heavy atom. The van der Waals surface area contributed by atoms with Crippen LogP contribution in [0.3, 0.4) is 0 Å². The molecule has 35 heavy (non-hydrogen) atoms. The zero-order valence-corrected chi connectivity index (χ0v) is 21.0. The largest absolute Gasteiger partial charge is 0.493 e. The number of imide groups is 2. The van der Waals surface area contributed by atoms with E-state index < -0.39 is 17.8 Å². The number of ether oxygens (including phenoxy) is 2. The van der Waals surface area contributed by atoms with Gasteiger partial charge in [-0.1, -0.05) is 36.4 Å². The van der Waals surface area contributed by atoms with Crippen LogP contribution in [-0.2, 0) is 9.59 Å². The van der Waals surface area contributed by atoms with Crippen molar-refractivity contribution in [1.29, 1.82) is 0 Å². The molecule has 3 aromatic carbocycles. The van der Waals surface area contributed by atoms with Gasteiger partial charge in [0.15, 0.2) is 11.5 Å². The fourth-order valence-electron chi connectivity index (χ4n) is 3.68. The summed E-state index contributed by atoms with van der Waals surface area (Å²) in [6.45, 7) is 3.79. The summed E-state index contributed by atoms with van der Waals surface area (Å²) >= 11 is 3.49. The van der Waals surface area contributed by atoms with E-state index in [2.05, 4.69) is 15.9 Å². The summed E-state index contributed by atoms with van der Waals surface area (Å²) in [7, 11) is 1.51. The Bertz CT molecular complexity index is 1240. The molecule has 7 nitrogen and oxygen atoms in total. The topological polar surface area (TPSA) is 76.2 Å². The maximum absolute atomic E-state index is 13.5. The molecule has 1 fully saturated rings. The van der Waals surface area contributed by atoms with Crippen molar-refractivity contribution in [3.05, 3.63) is 88.4 Å². The monoisotopic (exact) mass is 534 g/mol. The Labute approximate surface area is 211 Å². The van der Waals surface area contributed by atoms with Crippen molar-refractivity contribution in [2.45, 2.75) is 20.0 Å². The summed E-state index contributed by atoms with van der Waals surface area (Å²) in [5.74, 6) is -0.476. The van der Waals surface area contributed by atoms with E-state index in [1.807, 2.05) is 13.8 Å². The molecule has 0 atom stereocenters. The lowest BCUT2D eigenvalue weighted by atomic mass is 10.0. The first-order chi connectivity index (χ1) is 16.8. The number of rotatable bonds is 6. The van der Waals surface area contributed by atoms with Crippen LogP contribution in [0.25, 0.3) is 6.08 Å². The molecule has 3 aromatic rings. The van der Waals surface area contributed by atoms with Gasteiger partial charge in [-0.3, -0.25) is 9.59 Å². The molecule has 0 N–H and O–H groups in total. The van der Waals surface area contributed by atoms with E-state index in [9.17, 15) is 14.4 Å². The van der Waals surface area contributed by atoms with Gasteiger partial charge < -0.3 is 9.47 Å². The van der Waals surface area contributed by atoms with Gasteiger partial charge in [0, 0.05) is 0 Å². The minimum Gasteiger partial charge on any atom is -0.493 e. The normalized spacial score (nSPS) is 14.0. The molecular formula is C27H23BrN2O5. The molecule has 178 valence electrons. The zero-order valence-electron chi connectivity index (χ0n) is 19.4. The van der Waals surface area contributed by atoms with Gasteiger partial charge in [0.1, 0.15) is 5.57 Å². The van der Waals surface area contributed by atoms with Crippen LogP contribution < -0.4 is 19.3 Å². The minimum absolute atomic E-state index is 0.0872. The second-order valence-electron chi connectivity index (χ2n) is 7.99. The van der Waals surface area contributed by atoms with Gasteiger partial charge in [0.2, 0.25) is 0 Å². The van der Waals surface area contributed by atoms with Crippen molar-refractivity contribution >= 4 is 51.2 Å². The summed E-state index contributed by atoms with van der Waals surface area (Å²) in [5.41, 5.74) is 1.09. The molecule has 0 radical (unpaired) electrons. The van der Waals surface area contributed by atoms with Crippen LogP contribution in [0, 0.1) is 0 Å². The molecule has 0 aromatic heterocycles. The van der Waals surface area contributed by atoms with Crippen LogP contribution in [0.1, 0.15) is 19.4 Å². The van der Waals surface area contributed by atoms with E-state index in [1.54, 1.807) is 72.8 Å². The van der Waals surface area contributed by atoms with Gasteiger partial charge in [-0.25, -0.2) is 14.6 Å². The quantitative estimate of drug-likeness (QED) is 0.293. The van der Waals surface area contributed by atoms with Crippen molar-refractivity contribution in [2.24, 2.45) is 0 Å². The number of carbonyl (C=O) groups excluding carboxylic acids is 3. The highest BCUT2D eigenvalue weighted by Gasteiger charge is 2.43. The molecule has 0 spiro atoms. The molecule has 0 unspecified atom stereocenters. The lowest BCUT2D eigenvalue weighted by Crippen LogP contribution is -2.57. The van der Waals surface area contributed by atoms with E-state index in [-0.39, 0.29) is 11.7 Å². The fraction of sp³-hybridized carbons (Fsp3) is 0.148. The third kappa shape index (κ3) is 4.83. The van der Waals surface area contributed by atoms with Crippen LogP contribution in [-0.4, -0.2) is 31.1 Å². The van der Waals surface area contributed by atoms with Gasteiger partial charge in [-0.05, 0) is 77.8 Å². The van der Waals surface area contributed by atoms with Gasteiger partial charge in [0.25, 0.3) is 11.8 Å². The summed E-state index contributed by atoms with van der Waals surface area (Å²) in [6.07, 6.45) is 1.37. The molecule has 1 saturated heterocycles. The average Bonchev–Trinajstić information content (AvgIpc) is 2.84. The number of para-hydroxylation sites is 2. The number of amides is 4. The van der Waals surface area contributed by atoms with Gasteiger partial charge in [-0.15, -0.1) is 0 Å². The SMILES string of the molecule is COc1cc(C=C2C(=O)N(c3ccccc3)C(=O)N(c3ccccc3)C2=O)cc(Br)c1OC(C)C. The standard InChI is InChI=1S/C27H23BrN2O5/c1-17(2)35-24-22(28)15-18(16-23(24)34-3)14-21-25(31)29(19-10-6-4-7-11-19)27(33)30(26(21)32)20-12-8-5-9-13-20/h4-17H,1-3H3. The summed E-state index contributed by atoms with van der Waals surface area (Å²) < 4.78 is 11.9. The van der Waals surface area contributed by atoms with Crippen molar-refractivity contribution in [3.8, 4) is 11.5 Å². The summed E-state index contributed by atoms with van der Waals surface area (Å²) in [4.78, 5) is 42.4. The van der Waals surface area contributed by atoms with Crippen LogP contribution in [0.4, 0.5) is 16.2 Å². The second kappa shape index (κ2) is 10.1. The van der Waals surface area contributed by atoms with E-state index >= 15 is 0 Å². The molecule has 1 aliphatic heterocycles. The van der Waals surface area contributed by atoms with Gasteiger partial charge in [0.05, 0.1) is 29.1 Å². The highest BCUT2D eigenvalue weighted by atomic mass is 79.9. The predicted molar refractivity (Wildman–Crippen MR) is 138 cm³/mol. The maximum Gasteiger partial charge on any atom is 0.343 e. The number of anilines is 2. The highest BCUT2D eigenvalue weighted by molar-refractivity contribution is 9.10. The number of hydrogen-bond acceptors (Lipinski definition) is 5. The second-order valence-corrected chi connectivity index (χ2v) is 8.85. The molecule has 0 aliphatic carbocycles. The van der Waals surface area contributed by atoms with E-state index in [0.29, 0.717) is 32.9 Å². The Morgan fingerprint density at radius 1 is 0.829 bits per heavy atom. The van der Waals surface area contributed by atoms with Crippen LogP contribution in [0.5, 0.6) is 11.5 Å². The maximum atomic E-state index is 13.5. The molecule has 0 bridgehead atoms. The van der Waals surface area contributed by atoms with E-state index in [0.717, 1.165) is 9.80 Å². The van der Waals surface area contributed by atoms with Crippen LogP contribution >= 0.6 is 15.9 Å². The number of methoxy groups -OCH3 is 1. The lowest BCUT2D eigenvalue weighted by molar-refractivity contribution is -0.121. The van der Waals surface area contributed by atoms with Gasteiger partial charge in [-0.2, -0.15) is 0 Å². The minimum atomic E-state index is -0.742. The molecule has 0 saturated carbocycles. The first-order valence-corrected chi connectivity index (χ1v) is 11.7. The molecule has 1 aliphatic rings. The van der Waals surface area contributed by atoms with Crippen molar-refractivity contribution in [3.63, 3.8) is 0 Å². The van der Waals surface area contributed by atoms with E-state index in [4.69, 9.17) is 9.47 Å². The molecule has 8 heteroatoms. The molecule has 4 amide bonds. The molecule has 1 heterocycles. The van der Waals surface area contributed by atoms with Crippen molar-refractivity contribution in [2.75, 3.05) is 16.9 Å². The number of nitrogens with zero attached hydrogens (tertiary/aromatic N) is 2. The number of halogens is 1. The number of barbiturate groups is 1. The highest BCUT2D eigenvalue weighted by Crippen LogP contribution is 2.38. The fourth-order valence-corrected chi connectivity index (χ4v) is 4.23. The Balaban J connectivity index is 1.85. The number of benzene rings is 3. The lowest BCUT2D eigenvalue weighted by Gasteiger charge is -2.34. The number of hydrogen-bond donors (Lipinski definition) is 0. The van der Waals surface area contributed by atoms with Gasteiger partial charge >= 0.3 is 6.03 Å². The summed E-state index contributed by atoms with van der Waals surface area (Å²) in [6, 6.07) is 19.7. The Morgan fingerprint density at radius 3 is 1.80 bits per heavy atom.